The molecular formula is C17H26N2O3. The van der Waals surface area contributed by atoms with Crippen molar-refractivity contribution in [3.63, 3.8) is 0 Å². The zero-order valence-electron chi connectivity index (χ0n) is 13.6. The summed E-state index contributed by atoms with van der Waals surface area (Å²) in [7, 11) is 1.64. The Morgan fingerprint density at radius 2 is 2.27 bits per heavy atom. The smallest absolute Gasteiger partial charge is 0.239 e. The number of benzene rings is 1. The number of likely N-dealkylation sites (tertiary alicyclic amines) is 1. The molecule has 0 spiro atoms. The summed E-state index contributed by atoms with van der Waals surface area (Å²) in [4.78, 5) is 14.3. The highest BCUT2D eigenvalue weighted by molar-refractivity contribution is 5.82. The van der Waals surface area contributed by atoms with Crippen LogP contribution < -0.4 is 10.1 Å². The van der Waals surface area contributed by atoms with E-state index in [4.69, 9.17) is 4.74 Å². The van der Waals surface area contributed by atoms with Crippen molar-refractivity contribution in [1.82, 2.24) is 10.2 Å². The van der Waals surface area contributed by atoms with Crippen LogP contribution in [0.15, 0.2) is 24.3 Å². The number of carbonyl (C=O) groups is 1. The Morgan fingerprint density at radius 1 is 1.50 bits per heavy atom. The van der Waals surface area contributed by atoms with Gasteiger partial charge in [-0.3, -0.25) is 10.1 Å². The molecular weight excluding hydrogens is 280 g/mol. The van der Waals surface area contributed by atoms with Gasteiger partial charge in [-0.25, -0.2) is 0 Å². The van der Waals surface area contributed by atoms with E-state index >= 15 is 0 Å². The maximum atomic E-state index is 12.5. The lowest BCUT2D eigenvalue weighted by atomic mass is 10.1. The average molecular weight is 306 g/mol. The highest BCUT2D eigenvalue weighted by Gasteiger charge is 2.31. The predicted octanol–water partition coefficient (Wildman–Crippen LogP) is 1.72. The number of hydrogen-bond acceptors (Lipinski definition) is 4. The zero-order chi connectivity index (χ0) is 16.1. The van der Waals surface area contributed by atoms with Crippen molar-refractivity contribution in [1.29, 1.82) is 0 Å². The van der Waals surface area contributed by atoms with Gasteiger partial charge in [-0.15, -0.1) is 0 Å². The molecule has 1 aromatic carbocycles. The molecule has 0 aromatic heterocycles. The minimum absolute atomic E-state index is 0.0242. The number of methoxy groups -OCH3 is 1. The first-order valence-corrected chi connectivity index (χ1v) is 7.88. The predicted molar refractivity (Wildman–Crippen MR) is 85.8 cm³/mol. The molecule has 0 saturated carbocycles. The Hall–Kier alpha value is -1.59. The Kier molecular flexibility index (Phi) is 5.80. The van der Waals surface area contributed by atoms with E-state index in [1.54, 1.807) is 12.0 Å². The molecule has 0 bridgehead atoms. The van der Waals surface area contributed by atoms with Crippen molar-refractivity contribution in [3.05, 3.63) is 29.8 Å². The third-order valence-electron chi connectivity index (χ3n) is 4.34. The first-order chi connectivity index (χ1) is 10.6. The van der Waals surface area contributed by atoms with Gasteiger partial charge < -0.3 is 14.7 Å². The molecule has 0 radical (unpaired) electrons. The molecule has 1 aromatic rings. The van der Waals surface area contributed by atoms with Crippen molar-refractivity contribution in [2.45, 2.75) is 44.8 Å². The second kappa shape index (κ2) is 7.61. The quantitative estimate of drug-likeness (QED) is 0.840. The highest BCUT2D eigenvalue weighted by Crippen LogP contribution is 2.21. The third-order valence-corrected chi connectivity index (χ3v) is 4.34. The normalized spacial score (nSPS) is 20.7. The summed E-state index contributed by atoms with van der Waals surface area (Å²) in [5, 5.41) is 12.7. The summed E-state index contributed by atoms with van der Waals surface area (Å²) < 4.78 is 5.24. The summed E-state index contributed by atoms with van der Waals surface area (Å²) in [5.74, 6) is 0.872. The van der Waals surface area contributed by atoms with Crippen LogP contribution >= 0.6 is 0 Å². The number of rotatable bonds is 6. The number of ether oxygens (including phenoxy) is 1. The lowest BCUT2D eigenvalue weighted by molar-refractivity contribution is -0.134. The molecule has 0 unspecified atom stereocenters. The fourth-order valence-corrected chi connectivity index (χ4v) is 3.02. The first-order valence-electron chi connectivity index (χ1n) is 7.88. The molecule has 1 amide bonds. The topological polar surface area (TPSA) is 61.8 Å². The van der Waals surface area contributed by atoms with Gasteiger partial charge in [-0.05, 0) is 44.4 Å². The number of nitrogens with one attached hydrogen (secondary N) is 1. The van der Waals surface area contributed by atoms with Gasteiger partial charge >= 0.3 is 0 Å². The number of amides is 1. The van der Waals surface area contributed by atoms with E-state index in [0.717, 1.165) is 30.7 Å². The van der Waals surface area contributed by atoms with Crippen LogP contribution in [0.4, 0.5) is 0 Å². The lowest BCUT2D eigenvalue weighted by Gasteiger charge is -2.28. The van der Waals surface area contributed by atoms with E-state index in [-0.39, 0.29) is 30.6 Å². The highest BCUT2D eigenvalue weighted by atomic mass is 16.5. The van der Waals surface area contributed by atoms with Crippen molar-refractivity contribution < 1.29 is 14.6 Å². The van der Waals surface area contributed by atoms with Crippen LogP contribution in [0.3, 0.4) is 0 Å². The Bertz CT molecular complexity index is 506. The Morgan fingerprint density at radius 3 is 2.95 bits per heavy atom. The monoisotopic (exact) mass is 306 g/mol. The molecule has 2 rings (SSSR count). The van der Waals surface area contributed by atoms with E-state index in [1.165, 1.54) is 0 Å². The molecule has 1 fully saturated rings. The zero-order valence-corrected chi connectivity index (χ0v) is 13.6. The summed E-state index contributed by atoms with van der Waals surface area (Å²) in [6.45, 7) is 4.70. The molecule has 3 atom stereocenters. The van der Waals surface area contributed by atoms with E-state index < -0.39 is 0 Å². The fourth-order valence-electron chi connectivity index (χ4n) is 3.02. The number of carbonyl (C=O) groups excluding carboxylic acids is 1. The van der Waals surface area contributed by atoms with E-state index in [9.17, 15) is 9.90 Å². The number of nitrogens with zero attached hydrogens (tertiary/aromatic N) is 1. The molecule has 1 saturated heterocycles. The van der Waals surface area contributed by atoms with Gasteiger partial charge in [0.15, 0.2) is 0 Å². The largest absolute Gasteiger partial charge is 0.497 e. The van der Waals surface area contributed by atoms with Crippen molar-refractivity contribution in [3.8, 4) is 5.75 Å². The fraction of sp³-hybridized carbons (Fsp3) is 0.588. The molecule has 22 heavy (non-hydrogen) atoms. The molecule has 1 aliphatic heterocycles. The van der Waals surface area contributed by atoms with Crippen LogP contribution in [0.5, 0.6) is 5.75 Å². The standard InChI is InChI=1S/C17H26N2O3/c1-12(14-6-4-8-16(10-14)22-3)18-13(2)17(21)19-9-5-7-15(19)11-20/h4,6,8,10,12-13,15,18,20H,5,7,9,11H2,1-3H3/t12-,13-,15-/m1/s1. The van der Waals surface area contributed by atoms with E-state index in [0.29, 0.717) is 0 Å². The summed E-state index contributed by atoms with van der Waals surface area (Å²) in [6, 6.07) is 7.58. The second-order valence-electron chi connectivity index (χ2n) is 5.90. The lowest BCUT2D eigenvalue weighted by Crippen LogP contribution is -2.48. The van der Waals surface area contributed by atoms with E-state index in [1.807, 2.05) is 38.1 Å². The molecule has 0 aliphatic carbocycles. The second-order valence-corrected chi connectivity index (χ2v) is 5.90. The molecule has 122 valence electrons. The van der Waals surface area contributed by atoms with Crippen molar-refractivity contribution >= 4 is 5.91 Å². The van der Waals surface area contributed by atoms with Crippen LogP contribution in [-0.4, -0.2) is 48.3 Å². The van der Waals surface area contributed by atoms with Crippen LogP contribution in [-0.2, 0) is 4.79 Å². The van der Waals surface area contributed by atoms with Crippen LogP contribution in [0.1, 0.15) is 38.3 Å². The third kappa shape index (κ3) is 3.78. The van der Waals surface area contributed by atoms with Crippen LogP contribution in [0.2, 0.25) is 0 Å². The number of hydrogen-bond donors (Lipinski definition) is 2. The summed E-state index contributed by atoms with van der Waals surface area (Å²) in [6.07, 6.45) is 1.86. The van der Waals surface area contributed by atoms with Gasteiger partial charge in [-0.2, -0.15) is 0 Å². The maximum absolute atomic E-state index is 12.5. The van der Waals surface area contributed by atoms with Gasteiger partial charge in [0.05, 0.1) is 25.8 Å². The van der Waals surface area contributed by atoms with Gasteiger partial charge in [0.25, 0.3) is 0 Å². The van der Waals surface area contributed by atoms with E-state index in [2.05, 4.69) is 5.32 Å². The van der Waals surface area contributed by atoms with Gasteiger partial charge in [0, 0.05) is 12.6 Å². The average Bonchev–Trinajstić information content (AvgIpc) is 3.02. The van der Waals surface area contributed by atoms with Crippen molar-refractivity contribution in [2.24, 2.45) is 0 Å². The SMILES string of the molecule is COc1cccc([C@@H](C)N[C@H](C)C(=O)N2CCC[C@@H]2CO)c1. The van der Waals surface area contributed by atoms with Crippen LogP contribution in [0.25, 0.3) is 0 Å². The van der Waals surface area contributed by atoms with Crippen molar-refractivity contribution in [2.75, 3.05) is 20.3 Å². The molecule has 5 heteroatoms. The molecule has 1 aliphatic rings. The first kappa shape index (κ1) is 16.8. The van der Waals surface area contributed by atoms with Gasteiger partial charge in [0.2, 0.25) is 5.91 Å². The maximum Gasteiger partial charge on any atom is 0.239 e. The molecule has 2 N–H and O–H groups in total. The van der Waals surface area contributed by atoms with Gasteiger partial charge in [0.1, 0.15) is 5.75 Å². The minimum Gasteiger partial charge on any atom is -0.497 e. The summed E-state index contributed by atoms with van der Waals surface area (Å²) in [5.41, 5.74) is 1.08. The van der Waals surface area contributed by atoms with Gasteiger partial charge in [-0.1, -0.05) is 12.1 Å². The minimum atomic E-state index is -0.284. The van der Waals surface area contributed by atoms with Crippen LogP contribution in [0, 0.1) is 0 Å². The summed E-state index contributed by atoms with van der Waals surface area (Å²) >= 11 is 0. The molecule has 5 nitrogen and oxygen atoms in total. The number of aliphatic hydroxyl groups excluding tert-OH is 1. The Labute approximate surface area is 132 Å². The Balaban J connectivity index is 1.98. The number of aliphatic hydroxyl groups is 1. The molecule has 1 heterocycles.